The summed E-state index contributed by atoms with van der Waals surface area (Å²) in [5.74, 6) is 0.444. The first kappa shape index (κ1) is 21.1. The van der Waals surface area contributed by atoms with E-state index in [9.17, 15) is 26.3 Å². The molecule has 4 nitrogen and oxygen atoms in total. The van der Waals surface area contributed by atoms with Crippen LogP contribution in [0, 0.1) is 11.3 Å². The second-order valence-corrected chi connectivity index (χ2v) is 7.12. The molecule has 146 valence electrons. The summed E-state index contributed by atoms with van der Waals surface area (Å²) in [5, 5.41) is 12.3. The van der Waals surface area contributed by atoms with Gasteiger partial charge in [-0.1, -0.05) is 6.92 Å². The fraction of sp³-hybridized carbons (Fsp3) is 0.438. The maximum Gasteiger partial charge on any atom is 0.431 e. The van der Waals surface area contributed by atoms with Crippen molar-refractivity contribution in [2.75, 3.05) is 5.75 Å². The number of nitrogens with zero attached hydrogens (tertiary/aromatic N) is 3. The normalized spacial score (nSPS) is 20.9. The summed E-state index contributed by atoms with van der Waals surface area (Å²) in [6.45, 7) is 3.19. The molecular formula is C16H14F6N4S. The Morgan fingerprint density at radius 2 is 1.96 bits per heavy atom. The lowest BCUT2D eigenvalue weighted by molar-refractivity contribution is -0.137. The van der Waals surface area contributed by atoms with E-state index in [0.29, 0.717) is 11.8 Å². The van der Waals surface area contributed by atoms with Gasteiger partial charge in [-0.2, -0.15) is 36.7 Å². The smallest absolute Gasteiger partial charge is 0.297 e. The van der Waals surface area contributed by atoms with Crippen molar-refractivity contribution in [2.45, 2.75) is 38.2 Å². The first-order valence-corrected chi connectivity index (χ1v) is 8.63. The average Bonchev–Trinajstić information content (AvgIpc) is 2.97. The SMILES string of the molecule is CCS/C(=N\c1ccc(C#N)c(C(F)(F)F)c1)C1(C)CC(C(F)(F)F)=NN1. The van der Waals surface area contributed by atoms with E-state index < -0.39 is 41.2 Å². The zero-order chi connectivity index (χ0) is 20.5. The van der Waals surface area contributed by atoms with Crippen LogP contribution >= 0.6 is 11.8 Å². The molecule has 0 radical (unpaired) electrons. The molecule has 11 heteroatoms. The highest BCUT2D eigenvalue weighted by molar-refractivity contribution is 8.14. The van der Waals surface area contributed by atoms with Crippen molar-refractivity contribution in [3.63, 3.8) is 0 Å². The number of benzene rings is 1. The number of nitrogens with one attached hydrogen (secondary N) is 1. The molecular weight excluding hydrogens is 394 g/mol. The van der Waals surface area contributed by atoms with Crippen LogP contribution in [0.2, 0.25) is 0 Å². The van der Waals surface area contributed by atoms with Gasteiger partial charge in [-0.25, -0.2) is 4.99 Å². The predicted octanol–water partition coefficient (Wildman–Crippen LogP) is 5.03. The summed E-state index contributed by atoms with van der Waals surface area (Å²) in [7, 11) is 0. The van der Waals surface area contributed by atoms with Crippen molar-refractivity contribution in [3.05, 3.63) is 29.3 Å². The van der Waals surface area contributed by atoms with Crippen LogP contribution in [-0.2, 0) is 6.18 Å². The number of alkyl halides is 6. The molecule has 1 heterocycles. The van der Waals surface area contributed by atoms with Crippen LogP contribution in [0.4, 0.5) is 32.0 Å². The highest BCUT2D eigenvalue weighted by Crippen LogP contribution is 2.36. The van der Waals surface area contributed by atoms with Gasteiger partial charge >= 0.3 is 12.4 Å². The summed E-state index contributed by atoms with van der Waals surface area (Å²) in [5.41, 5.74) is -1.71. The van der Waals surface area contributed by atoms with Crippen LogP contribution in [0.25, 0.3) is 0 Å². The van der Waals surface area contributed by atoms with Gasteiger partial charge in [-0.3, -0.25) is 5.43 Å². The molecule has 0 fully saturated rings. The molecule has 1 atom stereocenters. The highest BCUT2D eigenvalue weighted by atomic mass is 32.2. The van der Waals surface area contributed by atoms with Gasteiger partial charge < -0.3 is 0 Å². The van der Waals surface area contributed by atoms with E-state index in [1.807, 2.05) is 0 Å². The summed E-state index contributed by atoms with van der Waals surface area (Å²) < 4.78 is 77.9. The minimum Gasteiger partial charge on any atom is -0.297 e. The van der Waals surface area contributed by atoms with Crippen molar-refractivity contribution in [3.8, 4) is 6.07 Å². The molecule has 1 aliphatic rings. The molecule has 0 bridgehead atoms. The Labute approximate surface area is 155 Å². The molecule has 1 aromatic carbocycles. The van der Waals surface area contributed by atoms with Crippen LogP contribution < -0.4 is 5.43 Å². The molecule has 1 aliphatic heterocycles. The van der Waals surface area contributed by atoms with E-state index >= 15 is 0 Å². The number of nitriles is 1. The zero-order valence-electron chi connectivity index (χ0n) is 14.2. The number of thioether (sulfide) groups is 1. The number of hydrogen-bond acceptors (Lipinski definition) is 5. The molecule has 2 rings (SSSR count). The van der Waals surface area contributed by atoms with Crippen LogP contribution in [0.1, 0.15) is 31.4 Å². The number of aliphatic imine (C=N–C) groups is 1. The van der Waals surface area contributed by atoms with Gasteiger partial charge in [0.05, 0.1) is 22.9 Å². The van der Waals surface area contributed by atoms with Crippen molar-refractivity contribution < 1.29 is 26.3 Å². The minimum absolute atomic E-state index is 0.110. The van der Waals surface area contributed by atoms with Gasteiger partial charge in [0, 0.05) is 6.42 Å². The topological polar surface area (TPSA) is 60.5 Å². The van der Waals surface area contributed by atoms with Gasteiger partial charge in [0.1, 0.15) is 16.3 Å². The quantitative estimate of drug-likeness (QED) is 0.434. The Hall–Kier alpha value is -2.22. The van der Waals surface area contributed by atoms with E-state index in [0.717, 1.165) is 17.8 Å². The molecule has 0 saturated carbocycles. The Bertz CT molecular complexity index is 822. The van der Waals surface area contributed by atoms with Crippen molar-refractivity contribution in [1.82, 2.24) is 5.43 Å². The third-order valence-corrected chi connectivity index (χ3v) is 4.80. The summed E-state index contributed by atoms with van der Waals surface area (Å²) in [6, 6.07) is 4.37. The molecule has 0 amide bonds. The molecule has 0 aromatic heterocycles. The summed E-state index contributed by atoms with van der Waals surface area (Å²) in [6.07, 6.45) is -9.86. The third-order valence-electron chi connectivity index (χ3n) is 3.70. The Morgan fingerprint density at radius 3 is 2.44 bits per heavy atom. The lowest BCUT2D eigenvalue weighted by Crippen LogP contribution is -2.43. The second kappa shape index (κ2) is 7.42. The predicted molar refractivity (Wildman–Crippen MR) is 91.0 cm³/mol. The van der Waals surface area contributed by atoms with Crippen LogP contribution in [0.3, 0.4) is 0 Å². The number of hydrogen-bond donors (Lipinski definition) is 1. The number of rotatable bonds is 3. The monoisotopic (exact) mass is 408 g/mol. The Kier molecular flexibility index (Phi) is 5.79. The Balaban J connectivity index is 2.44. The third kappa shape index (κ3) is 4.74. The number of hydrazone groups is 1. The van der Waals surface area contributed by atoms with Crippen molar-refractivity contribution in [1.29, 1.82) is 5.26 Å². The maximum atomic E-state index is 13.1. The largest absolute Gasteiger partial charge is 0.431 e. The van der Waals surface area contributed by atoms with Gasteiger partial charge in [-0.05, 0) is 30.9 Å². The molecule has 1 aromatic rings. The van der Waals surface area contributed by atoms with Gasteiger partial charge in [0.25, 0.3) is 0 Å². The first-order chi connectivity index (χ1) is 12.4. The average molecular weight is 408 g/mol. The number of halogens is 6. The van der Waals surface area contributed by atoms with Gasteiger partial charge in [0.15, 0.2) is 0 Å². The minimum atomic E-state index is -4.75. The first-order valence-electron chi connectivity index (χ1n) is 7.65. The summed E-state index contributed by atoms with van der Waals surface area (Å²) in [4.78, 5) is 4.14. The molecule has 0 saturated heterocycles. The van der Waals surface area contributed by atoms with Gasteiger partial charge in [0.2, 0.25) is 0 Å². The van der Waals surface area contributed by atoms with E-state index in [2.05, 4.69) is 15.5 Å². The van der Waals surface area contributed by atoms with E-state index in [1.165, 1.54) is 19.1 Å². The standard InChI is InChI=1S/C16H14F6N4S/c1-3-27-13(14(2)7-12(25-26-14)16(20,21)22)24-10-5-4-9(8-23)11(6-10)15(17,18)19/h4-6,26H,3,7H2,1-2H3/b24-13-. The van der Waals surface area contributed by atoms with E-state index in [4.69, 9.17) is 5.26 Å². The van der Waals surface area contributed by atoms with Crippen LogP contribution in [-0.4, -0.2) is 28.2 Å². The second-order valence-electron chi connectivity index (χ2n) is 5.87. The highest BCUT2D eigenvalue weighted by Gasteiger charge is 2.47. The van der Waals surface area contributed by atoms with E-state index in [1.54, 1.807) is 6.92 Å². The lowest BCUT2D eigenvalue weighted by Gasteiger charge is -2.25. The zero-order valence-corrected chi connectivity index (χ0v) is 15.0. The summed E-state index contributed by atoms with van der Waals surface area (Å²) >= 11 is 1.10. The fourth-order valence-corrected chi connectivity index (χ4v) is 3.27. The fourth-order valence-electron chi connectivity index (χ4n) is 2.39. The Morgan fingerprint density at radius 1 is 1.30 bits per heavy atom. The maximum absolute atomic E-state index is 13.1. The van der Waals surface area contributed by atoms with Gasteiger partial charge in [-0.15, -0.1) is 11.8 Å². The lowest BCUT2D eigenvalue weighted by atomic mass is 9.98. The molecule has 1 unspecified atom stereocenters. The van der Waals surface area contributed by atoms with Crippen molar-refractivity contribution >= 4 is 28.2 Å². The van der Waals surface area contributed by atoms with Crippen LogP contribution in [0.15, 0.2) is 28.3 Å². The molecule has 1 N–H and O–H groups in total. The van der Waals surface area contributed by atoms with Crippen molar-refractivity contribution in [2.24, 2.45) is 10.1 Å². The van der Waals surface area contributed by atoms with E-state index in [-0.39, 0.29) is 10.7 Å². The van der Waals surface area contributed by atoms with Crippen LogP contribution in [0.5, 0.6) is 0 Å². The molecule has 27 heavy (non-hydrogen) atoms. The molecule has 0 spiro atoms. The molecule has 0 aliphatic carbocycles.